The number of hydrogen-bond acceptors (Lipinski definition) is 5. The van der Waals surface area contributed by atoms with Gasteiger partial charge in [0.2, 0.25) is 0 Å². The standard InChI is InChI=1S/C13H9ClN4OS/c1-7-12(10-2-3-11(19)18-17-10)20-13(16-7)8-4-9(14)6-15-5-8/h2-6H,1H3,(H,18,19). The van der Waals surface area contributed by atoms with Gasteiger partial charge in [0.15, 0.2) is 0 Å². The van der Waals surface area contributed by atoms with Crippen LogP contribution in [0.15, 0.2) is 35.4 Å². The lowest BCUT2D eigenvalue weighted by Crippen LogP contribution is -2.05. The fourth-order valence-corrected chi connectivity index (χ4v) is 2.95. The molecule has 0 unspecified atom stereocenters. The maximum Gasteiger partial charge on any atom is 0.264 e. The topological polar surface area (TPSA) is 71.5 Å². The molecule has 0 aliphatic heterocycles. The molecule has 7 heteroatoms. The van der Waals surface area contributed by atoms with Gasteiger partial charge in [-0.15, -0.1) is 11.3 Å². The highest BCUT2D eigenvalue weighted by atomic mass is 35.5. The number of pyridine rings is 1. The van der Waals surface area contributed by atoms with Crippen LogP contribution >= 0.6 is 22.9 Å². The summed E-state index contributed by atoms with van der Waals surface area (Å²) < 4.78 is 0. The minimum atomic E-state index is -0.227. The number of aromatic nitrogens is 4. The van der Waals surface area contributed by atoms with Crippen molar-refractivity contribution < 1.29 is 0 Å². The maximum atomic E-state index is 11.0. The van der Waals surface area contributed by atoms with Crippen LogP contribution in [0.1, 0.15) is 5.69 Å². The Balaban J connectivity index is 2.07. The summed E-state index contributed by atoms with van der Waals surface area (Å²) in [4.78, 5) is 20.5. The highest BCUT2D eigenvalue weighted by Crippen LogP contribution is 2.34. The van der Waals surface area contributed by atoms with E-state index in [1.807, 2.05) is 13.0 Å². The Labute approximate surface area is 123 Å². The van der Waals surface area contributed by atoms with Gasteiger partial charge in [0, 0.05) is 24.0 Å². The fourth-order valence-electron chi connectivity index (χ4n) is 1.76. The third kappa shape index (κ3) is 2.48. The molecule has 5 nitrogen and oxygen atoms in total. The summed E-state index contributed by atoms with van der Waals surface area (Å²) in [5.74, 6) is 0. The van der Waals surface area contributed by atoms with Crippen molar-refractivity contribution in [3.8, 4) is 21.1 Å². The molecule has 3 aromatic rings. The Kier molecular flexibility index (Phi) is 3.33. The number of hydrogen-bond donors (Lipinski definition) is 1. The van der Waals surface area contributed by atoms with E-state index >= 15 is 0 Å². The summed E-state index contributed by atoms with van der Waals surface area (Å²) in [6.45, 7) is 1.90. The normalized spacial score (nSPS) is 10.7. The number of rotatable bonds is 2. The van der Waals surface area contributed by atoms with Gasteiger partial charge in [-0.05, 0) is 19.1 Å². The molecule has 20 heavy (non-hydrogen) atoms. The van der Waals surface area contributed by atoms with Crippen molar-refractivity contribution in [2.75, 3.05) is 0 Å². The van der Waals surface area contributed by atoms with Crippen molar-refractivity contribution in [1.82, 2.24) is 20.2 Å². The number of nitrogens with one attached hydrogen (secondary N) is 1. The lowest BCUT2D eigenvalue weighted by atomic mass is 10.3. The molecule has 3 rings (SSSR count). The van der Waals surface area contributed by atoms with Gasteiger partial charge in [-0.1, -0.05) is 11.6 Å². The number of halogens is 1. The van der Waals surface area contributed by atoms with E-state index in [-0.39, 0.29) is 5.56 Å². The molecule has 3 heterocycles. The Morgan fingerprint density at radius 2 is 2.15 bits per heavy atom. The summed E-state index contributed by atoms with van der Waals surface area (Å²) >= 11 is 7.42. The molecule has 0 amide bonds. The molecule has 0 atom stereocenters. The molecule has 0 aromatic carbocycles. The first-order valence-corrected chi connectivity index (χ1v) is 6.97. The van der Waals surface area contributed by atoms with E-state index in [0.29, 0.717) is 10.7 Å². The smallest absolute Gasteiger partial charge is 0.264 e. The zero-order chi connectivity index (χ0) is 14.1. The van der Waals surface area contributed by atoms with E-state index in [4.69, 9.17) is 11.6 Å². The predicted molar refractivity (Wildman–Crippen MR) is 78.9 cm³/mol. The molecular formula is C13H9ClN4OS. The molecule has 0 bridgehead atoms. The monoisotopic (exact) mass is 304 g/mol. The maximum absolute atomic E-state index is 11.0. The molecule has 0 radical (unpaired) electrons. The molecular weight excluding hydrogens is 296 g/mol. The van der Waals surface area contributed by atoms with Crippen molar-refractivity contribution in [3.05, 3.63) is 51.7 Å². The van der Waals surface area contributed by atoms with Crippen LogP contribution in [0.2, 0.25) is 5.02 Å². The van der Waals surface area contributed by atoms with Gasteiger partial charge in [0.25, 0.3) is 5.56 Å². The second-order valence-corrected chi connectivity index (χ2v) is 5.57. The third-order valence-electron chi connectivity index (χ3n) is 2.66. The van der Waals surface area contributed by atoms with Gasteiger partial charge in [0.05, 0.1) is 15.6 Å². The van der Waals surface area contributed by atoms with Gasteiger partial charge in [0.1, 0.15) is 10.7 Å². The van der Waals surface area contributed by atoms with Gasteiger partial charge in [-0.3, -0.25) is 9.78 Å². The minimum absolute atomic E-state index is 0.227. The zero-order valence-electron chi connectivity index (χ0n) is 10.4. The number of nitrogens with zero attached hydrogens (tertiary/aromatic N) is 3. The minimum Gasteiger partial charge on any atom is -0.268 e. The molecule has 0 fully saturated rings. The average Bonchev–Trinajstić information content (AvgIpc) is 2.82. The van der Waals surface area contributed by atoms with Crippen LogP contribution < -0.4 is 5.56 Å². The Hall–Kier alpha value is -2.05. The van der Waals surface area contributed by atoms with E-state index < -0.39 is 0 Å². The lowest BCUT2D eigenvalue weighted by Gasteiger charge is -1.95. The molecule has 0 saturated carbocycles. The van der Waals surface area contributed by atoms with Gasteiger partial charge in [-0.25, -0.2) is 10.1 Å². The quantitative estimate of drug-likeness (QED) is 0.790. The third-order valence-corrected chi connectivity index (χ3v) is 4.10. The van der Waals surface area contributed by atoms with Crippen LogP contribution in [-0.4, -0.2) is 20.2 Å². The molecule has 100 valence electrons. The molecule has 0 spiro atoms. The van der Waals surface area contributed by atoms with Gasteiger partial charge < -0.3 is 0 Å². The summed E-state index contributed by atoms with van der Waals surface area (Å²) in [5, 5.41) is 7.84. The van der Waals surface area contributed by atoms with Crippen molar-refractivity contribution in [2.24, 2.45) is 0 Å². The number of H-pyrrole nitrogens is 1. The summed E-state index contributed by atoms with van der Waals surface area (Å²) in [6, 6.07) is 4.94. The lowest BCUT2D eigenvalue weighted by molar-refractivity contribution is 0.995. The number of thiazole rings is 1. The Morgan fingerprint density at radius 1 is 1.30 bits per heavy atom. The average molecular weight is 305 g/mol. The van der Waals surface area contributed by atoms with Crippen molar-refractivity contribution in [1.29, 1.82) is 0 Å². The van der Waals surface area contributed by atoms with E-state index in [0.717, 1.165) is 21.1 Å². The van der Waals surface area contributed by atoms with Gasteiger partial charge in [-0.2, -0.15) is 5.10 Å². The van der Waals surface area contributed by atoms with E-state index in [2.05, 4.69) is 20.2 Å². The van der Waals surface area contributed by atoms with Crippen LogP contribution in [0.25, 0.3) is 21.1 Å². The summed E-state index contributed by atoms with van der Waals surface area (Å²) in [7, 11) is 0. The Morgan fingerprint density at radius 3 is 2.85 bits per heavy atom. The molecule has 3 aromatic heterocycles. The summed E-state index contributed by atoms with van der Waals surface area (Å²) in [5.41, 5.74) is 2.18. The van der Waals surface area contributed by atoms with Crippen molar-refractivity contribution in [3.63, 3.8) is 0 Å². The Bertz CT molecular complexity index is 807. The predicted octanol–water partition coefficient (Wildman–Crippen LogP) is 2.92. The SMILES string of the molecule is Cc1nc(-c2cncc(Cl)c2)sc1-c1ccc(=O)[nH]n1. The number of aromatic amines is 1. The highest BCUT2D eigenvalue weighted by Gasteiger charge is 2.13. The largest absolute Gasteiger partial charge is 0.268 e. The number of aryl methyl sites for hydroxylation is 1. The first kappa shape index (κ1) is 13.0. The van der Waals surface area contributed by atoms with E-state index in [1.54, 1.807) is 18.5 Å². The van der Waals surface area contributed by atoms with E-state index in [1.165, 1.54) is 17.4 Å². The highest BCUT2D eigenvalue weighted by molar-refractivity contribution is 7.18. The zero-order valence-corrected chi connectivity index (χ0v) is 12.0. The van der Waals surface area contributed by atoms with Crippen LogP contribution in [-0.2, 0) is 0 Å². The van der Waals surface area contributed by atoms with Crippen LogP contribution in [0.5, 0.6) is 0 Å². The molecule has 0 aliphatic rings. The van der Waals surface area contributed by atoms with Crippen LogP contribution in [0, 0.1) is 6.92 Å². The van der Waals surface area contributed by atoms with Crippen molar-refractivity contribution >= 4 is 22.9 Å². The first-order chi connectivity index (χ1) is 9.63. The molecule has 0 aliphatic carbocycles. The van der Waals surface area contributed by atoms with Crippen LogP contribution in [0.4, 0.5) is 0 Å². The molecule has 0 saturated heterocycles. The second-order valence-electron chi connectivity index (χ2n) is 4.13. The first-order valence-electron chi connectivity index (χ1n) is 5.78. The molecule has 1 N–H and O–H groups in total. The van der Waals surface area contributed by atoms with Gasteiger partial charge >= 0.3 is 0 Å². The van der Waals surface area contributed by atoms with Crippen LogP contribution in [0.3, 0.4) is 0 Å². The van der Waals surface area contributed by atoms with Crippen molar-refractivity contribution in [2.45, 2.75) is 6.92 Å². The second kappa shape index (κ2) is 5.15. The van der Waals surface area contributed by atoms with E-state index in [9.17, 15) is 4.79 Å². The summed E-state index contributed by atoms with van der Waals surface area (Å²) in [6.07, 6.45) is 3.30. The fraction of sp³-hybridized carbons (Fsp3) is 0.0769.